The molecule has 0 aromatic carbocycles. The van der Waals surface area contributed by atoms with E-state index in [1.54, 1.807) is 7.11 Å². The lowest BCUT2D eigenvalue weighted by molar-refractivity contribution is -0.135. The predicted octanol–water partition coefficient (Wildman–Crippen LogP) is 2.33. The highest BCUT2D eigenvalue weighted by molar-refractivity contribution is 4.84. The number of rotatable bonds is 11. The molecule has 0 radical (unpaired) electrons. The minimum Gasteiger partial charge on any atom is -0.381 e. The Morgan fingerprint density at radius 3 is 2.29 bits per heavy atom. The van der Waals surface area contributed by atoms with E-state index in [1.807, 2.05) is 11.8 Å². The van der Waals surface area contributed by atoms with Crippen molar-refractivity contribution in [3.8, 4) is 0 Å². The van der Waals surface area contributed by atoms with Crippen LogP contribution in [0.2, 0.25) is 0 Å². The molecule has 2 fully saturated rings. The molecule has 1 saturated heterocycles. The number of alkyl halides is 2. The first kappa shape index (κ1) is 20.0. The van der Waals surface area contributed by atoms with Crippen LogP contribution in [0.4, 0.5) is 8.78 Å². The van der Waals surface area contributed by atoms with E-state index in [9.17, 15) is 8.78 Å². The Hall–Kier alpha value is -0.340. The molecule has 0 spiro atoms. The monoisotopic (exact) mass is 351 g/mol. The molecule has 1 aliphatic carbocycles. The van der Waals surface area contributed by atoms with E-state index in [0.717, 1.165) is 25.7 Å². The molecule has 2 rings (SSSR count). The SMILES string of the molecule is CCOCCOCC(F)(F)CN1CCC(OC2CC(OC)C2)CC1. The van der Waals surface area contributed by atoms with Crippen LogP contribution in [0, 0.1) is 0 Å². The average Bonchev–Trinajstić information content (AvgIpc) is 2.51. The van der Waals surface area contributed by atoms with Gasteiger partial charge in [-0.15, -0.1) is 0 Å². The quantitative estimate of drug-likeness (QED) is 0.535. The number of ether oxygens (including phenoxy) is 4. The zero-order valence-corrected chi connectivity index (χ0v) is 14.8. The van der Waals surface area contributed by atoms with E-state index < -0.39 is 12.5 Å². The molecule has 1 heterocycles. The third-order valence-corrected chi connectivity index (χ3v) is 4.65. The molecule has 0 amide bonds. The molecule has 0 unspecified atom stereocenters. The lowest BCUT2D eigenvalue weighted by atomic mass is 9.91. The zero-order valence-electron chi connectivity index (χ0n) is 14.8. The summed E-state index contributed by atoms with van der Waals surface area (Å²) in [6, 6.07) is 0. The number of piperidine rings is 1. The summed E-state index contributed by atoms with van der Waals surface area (Å²) in [5.41, 5.74) is 0. The van der Waals surface area contributed by atoms with Gasteiger partial charge in [-0.25, -0.2) is 8.78 Å². The van der Waals surface area contributed by atoms with Crippen LogP contribution in [-0.2, 0) is 18.9 Å². The molecule has 0 aromatic rings. The molecule has 7 heteroatoms. The Labute approximate surface area is 143 Å². The first-order chi connectivity index (χ1) is 11.5. The second-order valence-corrected chi connectivity index (χ2v) is 6.67. The van der Waals surface area contributed by atoms with Crippen molar-refractivity contribution in [1.29, 1.82) is 0 Å². The normalized spacial score (nSPS) is 26.5. The number of methoxy groups -OCH3 is 1. The third kappa shape index (κ3) is 6.88. The van der Waals surface area contributed by atoms with Gasteiger partial charge in [0.2, 0.25) is 0 Å². The van der Waals surface area contributed by atoms with Crippen LogP contribution in [-0.4, -0.2) is 82.3 Å². The summed E-state index contributed by atoms with van der Waals surface area (Å²) < 4.78 is 49.2. The Bertz CT molecular complexity index is 345. The molecule has 24 heavy (non-hydrogen) atoms. The Morgan fingerprint density at radius 1 is 1.00 bits per heavy atom. The zero-order chi connectivity index (χ0) is 17.4. The number of likely N-dealkylation sites (tertiary alicyclic amines) is 1. The second-order valence-electron chi connectivity index (χ2n) is 6.67. The average molecular weight is 351 g/mol. The van der Waals surface area contributed by atoms with Crippen LogP contribution in [0.3, 0.4) is 0 Å². The number of halogens is 2. The van der Waals surface area contributed by atoms with Gasteiger partial charge in [0.05, 0.1) is 38.1 Å². The lowest BCUT2D eigenvalue weighted by Crippen LogP contribution is -2.47. The summed E-state index contributed by atoms with van der Waals surface area (Å²) in [7, 11) is 1.72. The largest absolute Gasteiger partial charge is 0.381 e. The topological polar surface area (TPSA) is 40.2 Å². The maximum absolute atomic E-state index is 13.9. The highest BCUT2D eigenvalue weighted by Gasteiger charge is 2.36. The highest BCUT2D eigenvalue weighted by atomic mass is 19.3. The van der Waals surface area contributed by atoms with Crippen molar-refractivity contribution in [2.45, 2.75) is 56.8 Å². The first-order valence-electron chi connectivity index (χ1n) is 8.96. The van der Waals surface area contributed by atoms with Gasteiger partial charge in [-0.2, -0.15) is 0 Å². The van der Waals surface area contributed by atoms with Crippen molar-refractivity contribution in [2.75, 3.05) is 53.2 Å². The molecule has 0 N–H and O–H groups in total. The third-order valence-electron chi connectivity index (χ3n) is 4.65. The number of hydrogen-bond acceptors (Lipinski definition) is 5. The van der Waals surface area contributed by atoms with E-state index in [1.165, 1.54) is 0 Å². The van der Waals surface area contributed by atoms with Gasteiger partial charge in [-0.1, -0.05) is 0 Å². The minimum atomic E-state index is -2.82. The van der Waals surface area contributed by atoms with Crippen molar-refractivity contribution < 1.29 is 27.7 Å². The van der Waals surface area contributed by atoms with E-state index in [-0.39, 0.29) is 25.4 Å². The smallest absolute Gasteiger partial charge is 0.283 e. The van der Waals surface area contributed by atoms with Crippen molar-refractivity contribution in [3.63, 3.8) is 0 Å². The molecule has 1 saturated carbocycles. The summed E-state index contributed by atoms with van der Waals surface area (Å²) >= 11 is 0. The van der Waals surface area contributed by atoms with Crippen LogP contribution in [0.5, 0.6) is 0 Å². The van der Waals surface area contributed by atoms with Crippen molar-refractivity contribution in [2.24, 2.45) is 0 Å². The summed E-state index contributed by atoms with van der Waals surface area (Å²) in [5.74, 6) is -2.82. The number of nitrogens with zero attached hydrogens (tertiary/aromatic N) is 1. The lowest BCUT2D eigenvalue weighted by Gasteiger charge is -2.39. The maximum Gasteiger partial charge on any atom is 0.283 e. The summed E-state index contributed by atoms with van der Waals surface area (Å²) in [5, 5.41) is 0. The van der Waals surface area contributed by atoms with Crippen LogP contribution in [0.15, 0.2) is 0 Å². The van der Waals surface area contributed by atoms with Gasteiger partial charge in [0.1, 0.15) is 6.61 Å². The standard InChI is InChI=1S/C17H31F2NO4/c1-3-22-8-9-23-13-17(18,19)12-20-6-4-14(5-7-20)24-16-10-15(11-16)21-2/h14-16H,3-13H2,1-2H3. The van der Waals surface area contributed by atoms with Crippen molar-refractivity contribution in [3.05, 3.63) is 0 Å². The molecular formula is C17H31F2NO4. The minimum absolute atomic E-state index is 0.195. The van der Waals surface area contributed by atoms with Gasteiger partial charge in [0, 0.05) is 26.8 Å². The maximum atomic E-state index is 13.9. The summed E-state index contributed by atoms with van der Waals surface area (Å²) in [6.45, 7) is 3.52. The molecule has 1 aliphatic heterocycles. The summed E-state index contributed by atoms with van der Waals surface area (Å²) in [6.07, 6.45) is 4.34. The van der Waals surface area contributed by atoms with Crippen molar-refractivity contribution >= 4 is 0 Å². The Kier molecular flexibility index (Phi) is 8.30. The molecule has 5 nitrogen and oxygen atoms in total. The van der Waals surface area contributed by atoms with Crippen LogP contribution < -0.4 is 0 Å². The molecule has 2 aliphatic rings. The van der Waals surface area contributed by atoms with Gasteiger partial charge in [0.25, 0.3) is 5.92 Å². The van der Waals surface area contributed by atoms with Crippen LogP contribution >= 0.6 is 0 Å². The number of hydrogen-bond donors (Lipinski definition) is 0. The summed E-state index contributed by atoms with van der Waals surface area (Å²) in [4.78, 5) is 1.81. The highest BCUT2D eigenvalue weighted by Crippen LogP contribution is 2.29. The fourth-order valence-corrected chi connectivity index (χ4v) is 3.15. The van der Waals surface area contributed by atoms with Gasteiger partial charge in [-0.05, 0) is 32.6 Å². The molecular weight excluding hydrogens is 320 g/mol. The Balaban J connectivity index is 1.56. The van der Waals surface area contributed by atoms with E-state index >= 15 is 0 Å². The van der Waals surface area contributed by atoms with Gasteiger partial charge < -0.3 is 18.9 Å². The van der Waals surface area contributed by atoms with Gasteiger partial charge >= 0.3 is 0 Å². The molecule has 142 valence electrons. The fourth-order valence-electron chi connectivity index (χ4n) is 3.15. The Morgan fingerprint density at radius 2 is 1.67 bits per heavy atom. The van der Waals surface area contributed by atoms with Gasteiger partial charge in [-0.3, -0.25) is 4.90 Å². The van der Waals surface area contributed by atoms with Crippen LogP contribution in [0.25, 0.3) is 0 Å². The first-order valence-corrected chi connectivity index (χ1v) is 8.96. The van der Waals surface area contributed by atoms with Crippen molar-refractivity contribution in [1.82, 2.24) is 4.90 Å². The predicted molar refractivity (Wildman–Crippen MR) is 86.6 cm³/mol. The van der Waals surface area contributed by atoms with Gasteiger partial charge in [0.15, 0.2) is 0 Å². The molecule has 0 atom stereocenters. The fraction of sp³-hybridized carbons (Fsp3) is 1.00. The second kappa shape index (κ2) is 9.97. The molecule has 0 bridgehead atoms. The molecule has 0 aromatic heterocycles. The van der Waals surface area contributed by atoms with E-state index in [2.05, 4.69) is 0 Å². The van der Waals surface area contributed by atoms with E-state index in [4.69, 9.17) is 18.9 Å². The van der Waals surface area contributed by atoms with Crippen LogP contribution in [0.1, 0.15) is 32.6 Å². The van der Waals surface area contributed by atoms with E-state index in [0.29, 0.717) is 32.4 Å².